The summed E-state index contributed by atoms with van der Waals surface area (Å²) in [6, 6.07) is 14.5. The Morgan fingerprint density at radius 1 is 1.22 bits per heavy atom. The SMILES string of the molecule is [C-]#[N+]c1ccc2c(c1)c1c(n2C(=O)NCc2cc[nH]c(=O)c2)CCN(C/C=C/c2ccc(C)c(Cl)c2)C1. The summed E-state index contributed by atoms with van der Waals surface area (Å²) in [5.74, 6) is 0. The fourth-order valence-corrected chi connectivity index (χ4v) is 4.96. The molecular weight excluding hydrogens is 486 g/mol. The molecule has 8 heteroatoms. The lowest BCUT2D eigenvalue weighted by Crippen LogP contribution is -2.34. The van der Waals surface area contributed by atoms with Gasteiger partial charge in [-0.2, -0.15) is 0 Å². The van der Waals surface area contributed by atoms with Gasteiger partial charge < -0.3 is 10.3 Å². The molecule has 0 bridgehead atoms. The van der Waals surface area contributed by atoms with Gasteiger partial charge in [0.25, 0.3) is 0 Å². The summed E-state index contributed by atoms with van der Waals surface area (Å²) >= 11 is 6.25. The average Bonchev–Trinajstić information content (AvgIpc) is 3.22. The fraction of sp³-hybridized carbons (Fsp3) is 0.207. The molecule has 1 amide bonds. The second-order valence-corrected chi connectivity index (χ2v) is 9.60. The highest BCUT2D eigenvalue weighted by Crippen LogP contribution is 2.33. The number of carbonyl (C=O) groups excluding carboxylic acids is 1. The average molecular weight is 512 g/mol. The number of carbonyl (C=O) groups is 1. The number of aryl methyl sites for hydroxylation is 1. The Morgan fingerprint density at radius 3 is 2.86 bits per heavy atom. The number of pyridine rings is 1. The Kier molecular flexibility index (Phi) is 6.95. The van der Waals surface area contributed by atoms with Gasteiger partial charge in [-0.15, -0.1) is 0 Å². The molecule has 0 fully saturated rings. The number of hydrogen-bond donors (Lipinski definition) is 2. The third-order valence-corrected chi connectivity index (χ3v) is 7.10. The van der Waals surface area contributed by atoms with Crippen LogP contribution in [0.5, 0.6) is 0 Å². The van der Waals surface area contributed by atoms with E-state index in [1.54, 1.807) is 22.9 Å². The van der Waals surface area contributed by atoms with Crippen molar-refractivity contribution in [2.45, 2.75) is 26.4 Å². The predicted octanol–water partition coefficient (Wildman–Crippen LogP) is 5.67. The minimum Gasteiger partial charge on any atom is -0.333 e. The number of H-pyrrole nitrogens is 1. The summed E-state index contributed by atoms with van der Waals surface area (Å²) in [5, 5.41) is 4.63. The van der Waals surface area contributed by atoms with Gasteiger partial charge in [0.2, 0.25) is 5.56 Å². The van der Waals surface area contributed by atoms with Crippen molar-refractivity contribution in [3.8, 4) is 0 Å². The molecule has 1 aliphatic heterocycles. The van der Waals surface area contributed by atoms with E-state index >= 15 is 0 Å². The van der Waals surface area contributed by atoms with Gasteiger partial charge in [0.05, 0.1) is 12.1 Å². The summed E-state index contributed by atoms with van der Waals surface area (Å²) in [6.07, 6.45) is 6.48. The second-order valence-electron chi connectivity index (χ2n) is 9.19. The molecule has 0 spiro atoms. The fourth-order valence-electron chi connectivity index (χ4n) is 4.77. The van der Waals surface area contributed by atoms with Crippen LogP contribution < -0.4 is 10.9 Å². The molecule has 2 aromatic heterocycles. The molecular formula is C29H26ClN5O2. The van der Waals surface area contributed by atoms with Crippen LogP contribution in [0.4, 0.5) is 10.5 Å². The van der Waals surface area contributed by atoms with Crippen molar-refractivity contribution >= 4 is 40.3 Å². The molecule has 37 heavy (non-hydrogen) atoms. The van der Waals surface area contributed by atoms with Crippen molar-refractivity contribution in [2.24, 2.45) is 0 Å². The molecule has 0 saturated heterocycles. The number of nitrogens with one attached hydrogen (secondary N) is 2. The van der Waals surface area contributed by atoms with Crippen molar-refractivity contribution in [1.29, 1.82) is 0 Å². The summed E-state index contributed by atoms with van der Waals surface area (Å²) in [5.41, 5.74) is 6.00. The zero-order valence-corrected chi connectivity index (χ0v) is 21.2. The van der Waals surface area contributed by atoms with Crippen molar-refractivity contribution in [3.63, 3.8) is 0 Å². The highest BCUT2D eigenvalue weighted by Gasteiger charge is 2.26. The Morgan fingerprint density at radius 2 is 2.08 bits per heavy atom. The van der Waals surface area contributed by atoms with Crippen LogP contribution in [-0.2, 0) is 19.5 Å². The Labute approximate surface area is 219 Å². The molecule has 2 N–H and O–H groups in total. The van der Waals surface area contributed by atoms with E-state index in [4.69, 9.17) is 18.2 Å². The van der Waals surface area contributed by atoms with E-state index in [-0.39, 0.29) is 18.1 Å². The largest absolute Gasteiger partial charge is 0.333 e. The lowest BCUT2D eigenvalue weighted by atomic mass is 10.0. The molecule has 3 heterocycles. The van der Waals surface area contributed by atoms with E-state index in [1.165, 1.54) is 6.07 Å². The van der Waals surface area contributed by atoms with Crippen LogP contribution in [0.2, 0.25) is 5.02 Å². The lowest BCUT2D eigenvalue weighted by molar-refractivity contribution is 0.240. The van der Waals surface area contributed by atoms with Gasteiger partial charge in [-0.05, 0) is 58.8 Å². The smallest absolute Gasteiger partial charge is 0.326 e. The number of hydrogen-bond acceptors (Lipinski definition) is 3. The number of aromatic nitrogens is 2. The van der Waals surface area contributed by atoms with Crippen LogP contribution in [0.1, 0.15) is 27.9 Å². The first-order chi connectivity index (χ1) is 17.9. The number of aromatic amines is 1. The van der Waals surface area contributed by atoms with Gasteiger partial charge in [0, 0.05) is 55.6 Å². The predicted molar refractivity (Wildman–Crippen MR) is 147 cm³/mol. The highest BCUT2D eigenvalue weighted by molar-refractivity contribution is 6.31. The molecule has 7 nitrogen and oxygen atoms in total. The van der Waals surface area contributed by atoms with Crippen LogP contribution in [0, 0.1) is 13.5 Å². The van der Waals surface area contributed by atoms with Gasteiger partial charge in [0.15, 0.2) is 5.69 Å². The van der Waals surface area contributed by atoms with Gasteiger partial charge in [-0.3, -0.25) is 14.3 Å². The molecule has 0 saturated carbocycles. The van der Waals surface area contributed by atoms with Crippen molar-refractivity contribution in [1.82, 2.24) is 19.8 Å². The molecule has 0 aliphatic carbocycles. The number of nitrogens with zero attached hydrogens (tertiary/aromatic N) is 3. The standard InChI is InChI=1S/C29H26ClN5O2/c1-19-5-6-20(14-25(19)30)4-3-12-34-13-10-27-24(18-34)23-16-22(31-2)7-8-26(23)35(27)29(37)33-17-21-9-11-32-28(36)15-21/h3-9,11,14-16H,10,12-13,17-18H2,1H3,(H,32,36)(H,33,37)/b4-3+. The monoisotopic (exact) mass is 511 g/mol. The van der Waals surface area contributed by atoms with E-state index in [9.17, 15) is 9.59 Å². The van der Waals surface area contributed by atoms with Crippen molar-refractivity contribution in [2.75, 3.05) is 13.1 Å². The summed E-state index contributed by atoms with van der Waals surface area (Å²) < 4.78 is 1.73. The maximum Gasteiger partial charge on any atom is 0.326 e. The Bertz CT molecular complexity index is 1630. The zero-order valence-electron chi connectivity index (χ0n) is 20.4. The maximum absolute atomic E-state index is 13.3. The first-order valence-corrected chi connectivity index (χ1v) is 12.5. The van der Waals surface area contributed by atoms with Crippen LogP contribution in [-0.4, -0.2) is 33.6 Å². The third-order valence-electron chi connectivity index (χ3n) is 6.70. The topological polar surface area (TPSA) is 74.5 Å². The van der Waals surface area contributed by atoms with Crippen LogP contribution in [0.25, 0.3) is 21.8 Å². The van der Waals surface area contributed by atoms with Crippen LogP contribution in [0.15, 0.2) is 65.6 Å². The molecule has 0 radical (unpaired) electrons. The number of benzene rings is 2. The minimum absolute atomic E-state index is 0.207. The summed E-state index contributed by atoms with van der Waals surface area (Å²) in [6.45, 7) is 11.9. The molecule has 0 atom stereocenters. The number of rotatable bonds is 5. The Balaban J connectivity index is 1.39. The van der Waals surface area contributed by atoms with Gasteiger partial charge in [-0.25, -0.2) is 9.64 Å². The van der Waals surface area contributed by atoms with E-state index in [0.717, 1.165) is 57.0 Å². The van der Waals surface area contributed by atoms with Gasteiger partial charge >= 0.3 is 6.03 Å². The van der Waals surface area contributed by atoms with Crippen LogP contribution in [0.3, 0.4) is 0 Å². The molecule has 2 aromatic carbocycles. The molecule has 0 unspecified atom stereocenters. The zero-order chi connectivity index (χ0) is 25.9. The highest BCUT2D eigenvalue weighted by atomic mass is 35.5. The van der Waals surface area contributed by atoms with Crippen molar-refractivity contribution < 1.29 is 4.79 Å². The van der Waals surface area contributed by atoms with E-state index in [2.05, 4.69) is 38.3 Å². The third kappa shape index (κ3) is 5.21. The first-order valence-electron chi connectivity index (χ1n) is 12.1. The molecule has 1 aliphatic rings. The van der Waals surface area contributed by atoms with Gasteiger partial charge in [0.1, 0.15) is 0 Å². The van der Waals surface area contributed by atoms with E-state index < -0.39 is 0 Å². The second kappa shape index (κ2) is 10.5. The number of fused-ring (bicyclic) bond motifs is 3. The summed E-state index contributed by atoms with van der Waals surface area (Å²) in [4.78, 5) is 33.4. The molecule has 4 aromatic rings. The van der Waals surface area contributed by atoms with Gasteiger partial charge in [-0.1, -0.05) is 42.0 Å². The minimum atomic E-state index is -0.244. The summed E-state index contributed by atoms with van der Waals surface area (Å²) in [7, 11) is 0. The van der Waals surface area contributed by atoms with E-state index in [1.807, 2.05) is 31.2 Å². The maximum atomic E-state index is 13.3. The van der Waals surface area contributed by atoms with Crippen LogP contribution >= 0.6 is 11.6 Å². The quantitative estimate of drug-likeness (QED) is 0.339. The normalized spacial score (nSPS) is 13.5. The van der Waals surface area contributed by atoms with E-state index in [0.29, 0.717) is 18.7 Å². The Hall–Kier alpha value is -4.12. The molecule has 186 valence electrons. The number of halogens is 1. The molecule has 5 rings (SSSR count). The lowest BCUT2D eigenvalue weighted by Gasteiger charge is -2.27. The van der Waals surface area contributed by atoms with Crippen molar-refractivity contribution in [3.05, 3.63) is 116 Å². The number of amides is 1. The first kappa shape index (κ1) is 24.6.